The van der Waals surface area contributed by atoms with Crippen molar-refractivity contribution in [1.82, 2.24) is 9.55 Å². The highest BCUT2D eigenvalue weighted by atomic mass is 35.5. The van der Waals surface area contributed by atoms with Crippen LogP contribution in [-0.2, 0) is 20.4 Å². The van der Waals surface area contributed by atoms with Gasteiger partial charge in [-0.05, 0) is 19.9 Å². The van der Waals surface area contributed by atoms with Crippen LogP contribution in [0.2, 0.25) is 10.0 Å². The number of carbonyl (C=O) groups is 1. The van der Waals surface area contributed by atoms with Gasteiger partial charge in [-0.3, -0.25) is 4.79 Å². The van der Waals surface area contributed by atoms with Crippen molar-refractivity contribution in [3.63, 3.8) is 0 Å². The zero-order chi connectivity index (χ0) is 24.1. The fourth-order valence-corrected chi connectivity index (χ4v) is 2.97. The summed E-state index contributed by atoms with van der Waals surface area (Å²) in [5, 5.41) is -0.219. The topological polar surface area (TPSA) is 99.6 Å². The van der Waals surface area contributed by atoms with Gasteiger partial charge in [-0.1, -0.05) is 23.2 Å². The van der Waals surface area contributed by atoms with Crippen LogP contribution in [0.1, 0.15) is 19.5 Å². The lowest BCUT2D eigenvalue weighted by molar-refractivity contribution is -0.141. The van der Waals surface area contributed by atoms with Crippen molar-refractivity contribution >= 4 is 29.2 Å². The maximum Gasteiger partial charge on any atom is 0.431 e. The predicted molar refractivity (Wildman–Crippen MR) is 110 cm³/mol. The van der Waals surface area contributed by atoms with Crippen LogP contribution in [0.4, 0.5) is 13.2 Å². The first-order chi connectivity index (χ1) is 15.0. The number of nitrogens with zero attached hydrogens (tertiary/aromatic N) is 1. The van der Waals surface area contributed by atoms with Crippen molar-refractivity contribution in [2.24, 2.45) is 0 Å². The number of aromatic amines is 1. The molecule has 1 aromatic carbocycles. The Labute approximate surface area is 189 Å². The molecule has 0 amide bonds. The SMILES string of the molecule is CCOC(=O)C=C(COc1cc(-n2c(=O)cc(C(F)(F)F)[nH]c2=O)c(Cl)cc1Cl)OCC. The van der Waals surface area contributed by atoms with Gasteiger partial charge in [0.1, 0.15) is 23.8 Å². The Bertz CT molecular complexity index is 1110. The van der Waals surface area contributed by atoms with Crippen LogP contribution in [0.3, 0.4) is 0 Å². The van der Waals surface area contributed by atoms with E-state index in [2.05, 4.69) is 0 Å². The third kappa shape index (κ3) is 6.30. The van der Waals surface area contributed by atoms with E-state index >= 15 is 0 Å². The Kier molecular flexibility index (Phi) is 8.39. The van der Waals surface area contributed by atoms with E-state index in [9.17, 15) is 27.6 Å². The van der Waals surface area contributed by atoms with E-state index in [1.807, 2.05) is 0 Å². The highest BCUT2D eigenvalue weighted by molar-refractivity contribution is 6.36. The zero-order valence-electron chi connectivity index (χ0n) is 16.7. The molecule has 0 spiro atoms. The zero-order valence-corrected chi connectivity index (χ0v) is 18.2. The molecule has 0 aliphatic carbocycles. The number of nitrogens with one attached hydrogen (secondary N) is 1. The van der Waals surface area contributed by atoms with Crippen LogP contribution in [0.15, 0.2) is 39.6 Å². The summed E-state index contributed by atoms with van der Waals surface area (Å²) in [5.74, 6) is -0.639. The van der Waals surface area contributed by atoms with Crippen LogP contribution in [-0.4, -0.2) is 35.3 Å². The Morgan fingerprint density at radius 2 is 1.75 bits per heavy atom. The lowest BCUT2D eigenvalue weighted by atomic mass is 10.2. The predicted octanol–water partition coefficient (Wildman–Crippen LogP) is 3.71. The molecule has 0 aliphatic rings. The smallest absolute Gasteiger partial charge is 0.431 e. The van der Waals surface area contributed by atoms with Gasteiger partial charge in [0.25, 0.3) is 5.56 Å². The summed E-state index contributed by atoms with van der Waals surface area (Å²) in [4.78, 5) is 37.6. The second-order valence-electron chi connectivity index (χ2n) is 5.98. The lowest BCUT2D eigenvalue weighted by Gasteiger charge is -2.15. The van der Waals surface area contributed by atoms with E-state index < -0.39 is 29.1 Å². The van der Waals surface area contributed by atoms with E-state index in [-0.39, 0.29) is 53.1 Å². The maximum absolute atomic E-state index is 12.8. The van der Waals surface area contributed by atoms with Gasteiger partial charge >= 0.3 is 17.8 Å². The van der Waals surface area contributed by atoms with Gasteiger partial charge in [0, 0.05) is 12.1 Å². The third-order valence-electron chi connectivity index (χ3n) is 3.75. The highest BCUT2D eigenvalue weighted by Gasteiger charge is 2.33. The van der Waals surface area contributed by atoms with Crippen LogP contribution in [0.25, 0.3) is 5.69 Å². The minimum atomic E-state index is -4.92. The Morgan fingerprint density at radius 1 is 1.09 bits per heavy atom. The molecule has 0 saturated heterocycles. The monoisotopic (exact) mass is 496 g/mol. The van der Waals surface area contributed by atoms with Crippen molar-refractivity contribution in [2.75, 3.05) is 19.8 Å². The summed E-state index contributed by atoms with van der Waals surface area (Å²) >= 11 is 12.1. The Morgan fingerprint density at radius 3 is 2.31 bits per heavy atom. The van der Waals surface area contributed by atoms with E-state index in [1.165, 1.54) is 0 Å². The fraction of sp³-hybridized carbons (Fsp3) is 0.316. The van der Waals surface area contributed by atoms with E-state index in [0.29, 0.717) is 4.57 Å². The van der Waals surface area contributed by atoms with E-state index in [1.54, 1.807) is 18.8 Å². The average molecular weight is 497 g/mol. The number of halogens is 5. The first kappa shape index (κ1) is 25.3. The summed E-state index contributed by atoms with van der Waals surface area (Å²) in [5.41, 5.74) is -4.40. The van der Waals surface area contributed by atoms with Crippen LogP contribution < -0.4 is 16.0 Å². The largest absolute Gasteiger partial charge is 0.494 e. The first-order valence-corrected chi connectivity index (χ1v) is 9.79. The van der Waals surface area contributed by atoms with Gasteiger partial charge in [-0.15, -0.1) is 0 Å². The number of hydrogen-bond acceptors (Lipinski definition) is 6. The first-order valence-electron chi connectivity index (χ1n) is 9.03. The van der Waals surface area contributed by atoms with Crippen LogP contribution in [0, 0.1) is 0 Å². The molecule has 1 heterocycles. The van der Waals surface area contributed by atoms with Crippen molar-refractivity contribution in [3.8, 4) is 11.4 Å². The van der Waals surface area contributed by atoms with Crippen molar-refractivity contribution in [2.45, 2.75) is 20.0 Å². The molecule has 0 fully saturated rings. The van der Waals surface area contributed by atoms with Crippen LogP contribution >= 0.6 is 23.2 Å². The highest BCUT2D eigenvalue weighted by Crippen LogP contribution is 2.33. The molecule has 0 bridgehead atoms. The molecule has 8 nitrogen and oxygen atoms in total. The number of aromatic nitrogens is 2. The van der Waals surface area contributed by atoms with Crippen molar-refractivity contribution in [1.29, 1.82) is 0 Å². The minimum Gasteiger partial charge on any atom is -0.494 e. The minimum absolute atomic E-state index is 0.0258. The van der Waals surface area contributed by atoms with Gasteiger partial charge in [-0.25, -0.2) is 14.2 Å². The molecule has 0 atom stereocenters. The average Bonchev–Trinajstić information content (AvgIpc) is 2.67. The summed E-state index contributed by atoms with van der Waals surface area (Å²) in [7, 11) is 0. The molecule has 32 heavy (non-hydrogen) atoms. The van der Waals surface area contributed by atoms with Gasteiger partial charge in [0.15, 0.2) is 0 Å². The molecule has 1 N–H and O–H groups in total. The number of rotatable bonds is 8. The maximum atomic E-state index is 12.8. The van der Waals surface area contributed by atoms with E-state index in [0.717, 1.165) is 18.2 Å². The van der Waals surface area contributed by atoms with Crippen molar-refractivity contribution in [3.05, 3.63) is 66.6 Å². The second kappa shape index (κ2) is 10.6. The molecule has 13 heteroatoms. The molecular weight excluding hydrogens is 480 g/mol. The van der Waals surface area contributed by atoms with E-state index in [4.69, 9.17) is 37.4 Å². The number of esters is 1. The number of ether oxygens (including phenoxy) is 3. The normalized spacial score (nSPS) is 11.9. The molecule has 2 rings (SSSR count). The molecule has 0 saturated carbocycles. The van der Waals surface area contributed by atoms with Crippen LogP contribution in [0.5, 0.6) is 5.75 Å². The molecule has 2 aromatic rings. The molecular formula is C19H17Cl2F3N2O6. The summed E-state index contributed by atoms with van der Waals surface area (Å²) in [6.45, 7) is 3.38. The molecule has 0 radical (unpaired) electrons. The van der Waals surface area contributed by atoms with Gasteiger partial charge in [0.05, 0.1) is 35.0 Å². The number of carbonyl (C=O) groups excluding carboxylic acids is 1. The Balaban J connectivity index is 2.44. The second-order valence-corrected chi connectivity index (χ2v) is 6.79. The Hall–Kier alpha value is -2.92. The van der Waals surface area contributed by atoms with Gasteiger partial charge in [-0.2, -0.15) is 13.2 Å². The number of H-pyrrole nitrogens is 1. The standard InChI is InChI=1S/C19H17Cl2F3N2O6/c1-3-30-10(5-17(28)31-4-2)9-32-14-7-13(11(20)6-12(14)21)26-16(27)8-15(19(22,23)24)25-18(26)29/h5-8H,3-4,9H2,1-2H3,(H,25,29). The molecule has 0 aliphatic heterocycles. The summed E-state index contributed by atoms with van der Waals surface area (Å²) < 4.78 is 54.5. The third-order valence-corrected chi connectivity index (χ3v) is 4.34. The summed E-state index contributed by atoms with van der Waals surface area (Å²) in [6, 6.07) is 2.47. The molecule has 174 valence electrons. The number of benzene rings is 1. The molecule has 1 aromatic heterocycles. The number of hydrogen-bond donors (Lipinski definition) is 1. The summed E-state index contributed by atoms with van der Waals surface area (Å²) in [6.07, 6.45) is -3.85. The fourth-order valence-electron chi connectivity index (χ4n) is 2.45. The van der Waals surface area contributed by atoms with Crippen molar-refractivity contribution < 1.29 is 32.2 Å². The van der Waals surface area contributed by atoms with Gasteiger partial charge < -0.3 is 19.2 Å². The number of alkyl halides is 3. The lowest BCUT2D eigenvalue weighted by Crippen LogP contribution is -2.36. The molecule has 0 unspecified atom stereocenters. The quantitative estimate of drug-likeness (QED) is 0.339. The van der Waals surface area contributed by atoms with Gasteiger partial charge in [0.2, 0.25) is 0 Å².